The molecule has 7 nitrogen and oxygen atoms in total. The van der Waals surface area contributed by atoms with Crippen LogP contribution in [0.1, 0.15) is 27.7 Å². The second-order valence-electron chi connectivity index (χ2n) is 6.07. The lowest BCUT2D eigenvalue weighted by atomic mass is 10.1. The highest BCUT2D eigenvalue weighted by Gasteiger charge is 2.44. The van der Waals surface area contributed by atoms with Crippen molar-refractivity contribution in [3.63, 3.8) is 0 Å². The van der Waals surface area contributed by atoms with Crippen LogP contribution in [-0.2, 0) is 10.0 Å². The van der Waals surface area contributed by atoms with Crippen molar-refractivity contribution in [2.24, 2.45) is 0 Å². The number of nitriles is 1. The summed E-state index contributed by atoms with van der Waals surface area (Å²) in [5, 5.41) is 9.49. The van der Waals surface area contributed by atoms with Crippen LogP contribution in [-0.4, -0.2) is 48.1 Å². The smallest absolute Gasteiger partial charge is 0.256 e. The molecule has 1 saturated heterocycles. The Morgan fingerprint density at radius 1 is 1.27 bits per heavy atom. The molecule has 0 N–H and O–H groups in total. The summed E-state index contributed by atoms with van der Waals surface area (Å²) in [6.45, 7) is 0.507. The zero-order valence-electron chi connectivity index (χ0n) is 13.5. The molecule has 1 fully saturated rings. The third kappa shape index (κ3) is 2.48. The lowest BCUT2D eigenvalue weighted by molar-refractivity contribution is 0.0625. The fourth-order valence-electron chi connectivity index (χ4n) is 3.41. The topological polar surface area (TPSA) is 94.4 Å². The molecule has 0 spiro atoms. The van der Waals surface area contributed by atoms with Crippen LogP contribution in [0.4, 0.5) is 0 Å². The number of nitrogens with zero attached hydrogens (tertiary/aromatic N) is 4. The molecule has 9 heteroatoms. The van der Waals surface area contributed by atoms with Crippen LogP contribution in [0.2, 0.25) is 5.02 Å². The van der Waals surface area contributed by atoms with Gasteiger partial charge in [-0.2, -0.15) is 9.57 Å². The molecule has 1 unspecified atom stereocenters. The Morgan fingerprint density at radius 3 is 2.85 bits per heavy atom. The number of fused-ring (bicyclic) bond motifs is 3. The minimum atomic E-state index is -3.93. The van der Waals surface area contributed by atoms with Crippen LogP contribution >= 0.6 is 11.6 Å². The number of carbonyl (C=O) groups excluding carboxylic acids is 1. The van der Waals surface area contributed by atoms with Crippen LogP contribution in [0.15, 0.2) is 41.4 Å². The summed E-state index contributed by atoms with van der Waals surface area (Å²) in [5.74, 6) is -0.129. The fourth-order valence-corrected chi connectivity index (χ4v) is 5.25. The molecular weight excluding hydrogens is 376 g/mol. The predicted molar refractivity (Wildman–Crippen MR) is 92.9 cm³/mol. The summed E-state index contributed by atoms with van der Waals surface area (Å²) in [7, 11) is -3.93. The van der Waals surface area contributed by atoms with E-state index in [0.29, 0.717) is 11.3 Å². The van der Waals surface area contributed by atoms with Crippen LogP contribution in [0, 0.1) is 11.3 Å². The lowest BCUT2D eigenvalue weighted by Gasteiger charge is -2.36. The van der Waals surface area contributed by atoms with Gasteiger partial charge in [0.1, 0.15) is 11.0 Å². The molecule has 2 aliphatic heterocycles. The highest BCUT2D eigenvalue weighted by Crippen LogP contribution is 2.36. The summed E-state index contributed by atoms with van der Waals surface area (Å²) < 4.78 is 27.5. The van der Waals surface area contributed by atoms with Gasteiger partial charge in [-0.05, 0) is 30.3 Å². The van der Waals surface area contributed by atoms with E-state index in [2.05, 4.69) is 4.98 Å². The zero-order chi connectivity index (χ0) is 18.5. The van der Waals surface area contributed by atoms with Crippen LogP contribution in [0.25, 0.3) is 0 Å². The number of rotatable bonds is 2. The highest BCUT2D eigenvalue weighted by molar-refractivity contribution is 7.89. The van der Waals surface area contributed by atoms with Crippen molar-refractivity contribution in [3.05, 3.63) is 58.4 Å². The second-order valence-corrected chi connectivity index (χ2v) is 8.41. The Balaban J connectivity index is 1.72. The maximum atomic E-state index is 13.1. The van der Waals surface area contributed by atoms with Crippen LogP contribution in [0.5, 0.6) is 0 Å². The Bertz CT molecular complexity index is 1060. The summed E-state index contributed by atoms with van der Waals surface area (Å²) in [5.41, 5.74) is 1.14. The Morgan fingerprint density at radius 2 is 2.08 bits per heavy atom. The van der Waals surface area contributed by atoms with Crippen molar-refractivity contribution in [2.75, 3.05) is 19.6 Å². The quantitative estimate of drug-likeness (QED) is 0.781. The lowest BCUT2D eigenvalue weighted by Crippen LogP contribution is -2.49. The Kier molecular flexibility index (Phi) is 3.95. The van der Waals surface area contributed by atoms with E-state index < -0.39 is 16.1 Å². The van der Waals surface area contributed by atoms with E-state index in [0.717, 1.165) is 0 Å². The number of aromatic nitrogens is 1. The van der Waals surface area contributed by atoms with Gasteiger partial charge in [0, 0.05) is 30.9 Å². The summed E-state index contributed by atoms with van der Waals surface area (Å²) in [6, 6.07) is 9.02. The first-order valence-corrected chi connectivity index (χ1v) is 9.71. The first-order valence-electron chi connectivity index (χ1n) is 7.89. The third-order valence-corrected chi connectivity index (χ3v) is 6.81. The van der Waals surface area contributed by atoms with Crippen molar-refractivity contribution in [1.82, 2.24) is 14.2 Å². The van der Waals surface area contributed by atoms with Gasteiger partial charge in [0.05, 0.1) is 22.9 Å². The minimum absolute atomic E-state index is 0.0397. The number of sulfonamides is 1. The second kappa shape index (κ2) is 6.06. The van der Waals surface area contributed by atoms with Gasteiger partial charge >= 0.3 is 0 Å². The van der Waals surface area contributed by atoms with Gasteiger partial charge < -0.3 is 4.90 Å². The average Bonchev–Trinajstić information content (AvgIpc) is 2.94. The van der Waals surface area contributed by atoms with E-state index >= 15 is 0 Å². The standard InChI is InChI=1S/C17H13ClN4O3S/c18-12-4-3-11(9-19)15(8-12)26(24,25)21-6-7-22-14(10-21)16-13(17(22)23)2-1-5-20-16/h1-5,8,14H,6-7,10H2. The minimum Gasteiger partial charge on any atom is -0.327 e. The molecule has 3 heterocycles. The van der Waals surface area contributed by atoms with Gasteiger partial charge in [-0.15, -0.1) is 0 Å². The molecule has 2 aromatic rings. The number of halogens is 1. The van der Waals surface area contributed by atoms with Crippen molar-refractivity contribution in [3.8, 4) is 6.07 Å². The highest BCUT2D eigenvalue weighted by atomic mass is 35.5. The maximum absolute atomic E-state index is 13.1. The number of benzene rings is 1. The monoisotopic (exact) mass is 388 g/mol. The first kappa shape index (κ1) is 17.0. The molecule has 0 bridgehead atoms. The average molecular weight is 389 g/mol. The maximum Gasteiger partial charge on any atom is 0.256 e. The van der Waals surface area contributed by atoms with Gasteiger partial charge in [0.25, 0.3) is 5.91 Å². The van der Waals surface area contributed by atoms with Gasteiger partial charge in [-0.1, -0.05) is 11.6 Å². The van der Waals surface area contributed by atoms with Crippen molar-refractivity contribution >= 4 is 27.5 Å². The van der Waals surface area contributed by atoms with E-state index in [1.165, 1.54) is 22.5 Å². The molecule has 0 saturated carbocycles. The number of hydrogen-bond donors (Lipinski definition) is 0. The number of pyridine rings is 1. The Labute approximate surface area is 155 Å². The van der Waals surface area contributed by atoms with E-state index in [4.69, 9.17) is 11.6 Å². The Hall–Kier alpha value is -2.47. The fraction of sp³-hybridized carbons (Fsp3) is 0.235. The van der Waals surface area contributed by atoms with E-state index in [-0.39, 0.29) is 41.0 Å². The molecule has 0 radical (unpaired) electrons. The number of piperazine rings is 1. The van der Waals surface area contributed by atoms with Gasteiger partial charge in [-0.3, -0.25) is 9.78 Å². The van der Waals surface area contributed by atoms with Gasteiger partial charge in [0.15, 0.2) is 0 Å². The van der Waals surface area contributed by atoms with Crippen molar-refractivity contribution in [1.29, 1.82) is 5.26 Å². The molecule has 1 aromatic carbocycles. The number of hydrogen-bond acceptors (Lipinski definition) is 5. The number of carbonyl (C=O) groups is 1. The van der Waals surface area contributed by atoms with Crippen LogP contribution < -0.4 is 0 Å². The summed E-state index contributed by atoms with van der Waals surface area (Å²) >= 11 is 5.94. The van der Waals surface area contributed by atoms with Gasteiger partial charge in [0.2, 0.25) is 10.0 Å². The first-order chi connectivity index (χ1) is 12.4. The van der Waals surface area contributed by atoms with Gasteiger partial charge in [-0.25, -0.2) is 8.42 Å². The molecule has 26 heavy (non-hydrogen) atoms. The summed E-state index contributed by atoms with van der Waals surface area (Å²) in [4.78, 5) is 18.3. The SMILES string of the molecule is N#Cc1ccc(Cl)cc1S(=O)(=O)N1CCN2C(=O)c3cccnc3C2C1. The summed E-state index contributed by atoms with van der Waals surface area (Å²) in [6.07, 6.45) is 1.59. The molecule has 1 amide bonds. The molecular formula is C17H13ClN4O3S. The molecule has 132 valence electrons. The third-order valence-electron chi connectivity index (χ3n) is 4.67. The largest absolute Gasteiger partial charge is 0.327 e. The molecule has 2 aliphatic rings. The molecule has 4 rings (SSSR count). The van der Waals surface area contributed by atoms with E-state index in [9.17, 15) is 18.5 Å². The molecule has 0 aliphatic carbocycles. The number of amides is 1. The van der Waals surface area contributed by atoms with Crippen molar-refractivity contribution < 1.29 is 13.2 Å². The normalized spacial score (nSPS) is 19.8. The molecule has 1 aromatic heterocycles. The van der Waals surface area contributed by atoms with E-state index in [1.54, 1.807) is 23.2 Å². The molecule has 1 atom stereocenters. The predicted octanol–water partition coefficient (Wildman–Crippen LogP) is 1.81. The van der Waals surface area contributed by atoms with E-state index in [1.807, 2.05) is 6.07 Å². The van der Waals surface area contributed by atoms with Crippen molar-refractivity contribution in [2.45, 2.75) is 10.9 Å². The van der Waals surface area contributed by atoms with Crippen LogP contribution in [0.3, 0.4) is 0 Å². The zero-order valence-corrected chi connectivity index (χ0v) is 15.0.